The summed E-state index contributed by atoms with van der Waals surface area (Å²) in [6, 6.07) is 6.44. The average molecular weight is 269 g/mol. The molecule has 0 radical (unpaired) electrons. The first kappa shape index (κ1) is 12.8. The molecular weight excluding hydrogens is 257 g/mol. The van der Waals surface area contributed by atoms with Crippen molar-refractivity contribution in [3.63, 3.8) is 0 Å². The summed E-state index contributed by atoms with van der Waals surface area (Å²) in [5, 5.41) is 0. The zero-order chi connectivity index (χ0) is 13.3. The number of rotatable bonds is 1. The van der Waals surface area contributed by atoms with Crippen molar-refractivity contribution >= 4 is 15.7 Å². The third kappa shape index (κ3) is 2.28. The van der Waals surface area contributed by atoms with Crippen molar-refractivity contribution in [3.8, 4) is 0 Å². The van der Waals surface area contributed by atoms with E-state index in [2.05, 4.69) is 6.58 Å². The largest absolute Gasteiger partial charge is 0.331 e. The number of benzene rings is 1. The molecule has 4 nitrogen and oxygen atoms in total. The second-order valence-corrected chi connectivity index (χ2v) is 6.14. The van der Waals surface area contributed by atoms with Crippen LogP contribution in [-0.2, 0) is 21.2 Å². The van der Waals surface area contributed by atoms with E-state index in [-0.39, 0.29) is 23.7 Å². The lowest BCUT2D eigenvalue weighted by molar-refractivity contribution is -0.129. The predicted octanol–water partition coefficient (Wildman–Crippen LogP) is 1.29. The van der Waals surface area contributed by atoms with Crippen LogP contribution in [0.5, 0.6) is 0 Å². The Hall–Kier alpha value is -1.69. The van der Waals surface area contributed by atoms with E-state index < -0.39 is 21.6 Å². The van der Waals surface area contributed by atoms with Crippen LogP contribution in [0.1, 0.15) is 5.56 Å². The molecule has 1 aromatic rings. The molecule has 0 spiro atoms. The van der Waals surface area contributed by atoms with Gasteiger partial charge in [0.15, 0.2) is 15.7 Å². The Kier molecular flexibility index (Phi) is 3.21. The Balaban J connectivity index is 2.44. The molecule has 0 atom stereocenters. The lowest BCUT2D eigenvalue weighted by Crippen LogP contribution is -2.32. The van der Waals surface area contributed by atoms with E-state index in [0.717, 1.165) is 4.90 Å². The molecule has 18 heavy (non-hydrogen) atoms. The number of fused-ring (bicyclic) bond motifs is 1. The van der Waals surface area contributed by atoms with Crippen molar-refractivity contribution in [1.82, 2.24) is 4.90 Å². The topological polar surface area (TPSA) is 54.5 Å². The maximum atomic E-state index is 12.8. The van der Waals surface area contributed by atoms with Gasteiger partial charge in [0.1, 0.15) is 0 Å². The Morgan fingerprint density at radius 1 is 1.33 bits per heavy atom. The van der Waals surface area contributed by atoms with E-state index in [1.165, 1.54) is 6.07 Å². The van der Waals surface area contributed by atoms with Gasteiger partial charge in [-0.1, -0.05) is 24.8 Å². The van der Waals surface area contributed by atoms with Gasteiger partial charge in [-0.15, -0.1) is 0 Å². The molecule has 1 aliphatic heterocycles. The fraction of sp³-hybridized carbons (Fsp3) is 0.250. The first-order chi connectivity index (χ1) is 8.42. The van der Waals surface area contributed by atoms with Crippen LogP contribution in [0.4, 0.5) is 4.39 Å². The van der Waals surface area contributed by atoms with Gasteiger partial charge < -0.3 is 4.90 Å². The van der Waals surface area contributed by atoms with Gasteiger partial charge in [0.2, 0.25) is 0 Å². The number of carbonyl (C=O) groups excluding carboxylic acids is 1. The summed E-state index contributed by atoms with van der Waals surface area (Å²) in [6.45, 7) is 3.00. The van der Waals surface area contributed by atoms with Gasteiger partial charge in [-0.25, -0.2) is 12.8 Å². The number of amides is 1. The van der Waals surface area contributed by atoms with Crippen molar-refractivity contribution in [2.75, 3.05) is 12.3 Å². The minimum Gasteiger partial charge on any atom is -0.331 e. The molecule has 0 fully saturated rings. The third-order valence-corrected chi connectivity index (χ3v) is 4.61. The summed E-state index contributed by atoms with van der Waals surface area (Å²) < 4.78 is 36.8. The minimum atomic E-state index is -3.42. The molecule has 1 heterocycles. The van der Waals surface area contributed by atoms with Crippen LogP contribution in [0.3, 0.4) is 0 Å². The van der Waals surface area contributed by atoms with Gasteiger partial charge in [-0.3, -0.25) is 4.79 Å². The summed E-state index contributed by atoms with van der Waals surface area (Å²) in [5.74, 6) is -2.14. The van der Waals surface area contributed by atoms with Crippen molar-refractivity contribution in [2.24, 2.45) is 0 Å². The Morgan fingerprint density at radius 2 is 2.00 bits per heavy atom. The molecule has 0 bridgehead atoms. The molecule has 1 aliphatic rings. The monoisotopic (exact) mass is 269 g/mol. The Morgan fingerprint density at radius 3 is 2.67 bits per heavy atom. The van der Waals surface area contributed by atoms with Crippen LogP contribution in [0.2, 0.25) is 0 Å². The van der Waals surface area contributed by atoms with Crippen molar-refractivity contribution in [2.45, 2.75) is 11.4 Å². The zero-order valence-electron chi connectivity index (χ0n) is 9.60. The lowest BCUT2D eigenvalue weighted by Gasteiger charge is -2.18. The number of halogens is 1. The van der Waals surface area contributed by atoms with Crippen molar-refractivity contribution in [3.05, 3.63) is 42.2 Å². The molecule has 0 unspecified atom stereocenters. The number of nitrogens with zero attached hydrogens (tertiary/aromatic N) is 1. The predicted molar refractivity (Wildman–Crippen MR) is 64.2 cm³/mol. The van der Waals surface area contributed by atoms with Crippen LogP contribution in [0, 0.1) is 0 Å². The van der Waals surface area contributed by atoms with E-state index >= 15 is 0 Å². The highest BCUT2D eigenvalue weighted by Gasteiger charge is 2.28. The quantitative estimate of drug-likeness (QED) is 0.722. The van der Waals surface area contributed by atoms with Crippen molar-refractivity contribution in [1.29, 1.82) is 0 Å². The second kappa shape index (κ2) is 4.53. The molecule has 1 amide bonds. The summed E-state index contributed by atoms with van der Waals surface area (Å²) in [6.07, 6.45) is 0. The molecule has 0 saturated carbocycles. The molecule has 1 aromatic carbocycles. The summed E-state index contributed by atoms with van der Waals surface area (Å²) in [7, 11) is -3.42. The van der Waals surface area contributed by atoms with Crippen LogP contribution in [0.25, 0.3) is 0 Å². The molecule has 0 aliphatic carbocycles. The number of carbonyl (C=O) groups is 1. The van der Waals surface area contributed by atoms with E-state index in [1.54, 1.807) is 18.2 Å². The molecule has 96 valence electrons. The Bertz CT molecular complexity index is 610. The lowest BCUT2D eigenvalue weighted by atomic mass is 10.2. The normalized spacial score (nSPS) is 17.7. The van der Waals surface area contributed by atoms with E-state index in [1.807, 2.05) is 0 Å². The highest BCUT2D eigenvalue weighted by atomic mass is 32.2. The first-order valence-electron chi connectivity index (χ1n) is 5.36. The maximum Gasteiger partial charge on any atom is 0.282 e. The van der Waals surface area contributed by atoms with Gasteiger partial charge in [0, 0.05) is 13.1 Å². The molecule has 0 aromatic heterocycles. The van der Waals surface area contributed by atoms with Gasteiger partial charge >= 0.3 is 0 Å². The molecule has 0 saturated heterocycles. The van der Waals surface area contributed by atoms with Gasteiger partial charge in [-0.2, -0.15) is 0 Å². The molecular formula is C12H12FNO3S. The number of hydrogen-bond donors (Lipinski definition) is 0. The van der Waals surface area contributed by atoms with Gasteiger partial charge in [0.25, 0.3) is 5.91 Å². The fourth-order valence-electron chi connectivity index (χ4n) is 1.91. The zero-order valence-corrected chi connectivity index (χ0v) is 10.4. The van der Waals surface area contributed by atoms with Gasteiger partial charge in [0.05, 0.1) is 10.6 Å². The van der Waals surface area contributed by atoms with Crippen LogP contribution < -0.4 is 0 Å². The Labute approximate surface area is 105 Å². The van der Waals surface area contributed by atoms with Crippen LogP contribution in [-0.4, -0.2) is 31.5 Å². The van der Waals surface area contributed by atoms with Crippen LogP contribution in [0.15, 0.2) is 41.6 Å². The highest BCUT2D eigenvalue weighted by Crippen LogP contribution is 2.23. The van der Waals surface area contributed by atoms with E-state index in [4.69, 9.17) is 0 Å². The first-order valence-corrected chi connectivity index (χ1v) is 7.01. The van der Waals surface area contributed by atoms with Crippen molar-refractivity contribution < 1.29 is 17.6 Å². The summed E-state index contributed by atoms with van der Waals surface area (Å²) in [4.78, 5) is 12.9. The molecule has 6 heteroatoms. The second-order valence-electron chi connectivity index (χ2n) is 4.06. The molecule has 2 rings (SSSR count). The highest BCUT2D eigenvalue weighted by molar-refractivity contribution is 7.91. The minimum absolute atomic E-state index is 0.0290. The molecule has 0 N–H and O–H groups in total. The smallest absolute Gasteiger partial charge is 0.282 e. The SMILES string of the molecule is C=C(F)C(=O)N1CCS(=O)(=O)c2ccccc2C1. The third-order valence-electron chi connectivity index (χ3n) is 2.82. The number of sulfone groups is 1. The van der Waals surface area contributed by atoms with E-state index in [0.29, 0.717) is 5.56 Å². The van der Waals surface area contributed by atoms with Crippen LogP contribution >= 0.6 is 0 Å². The maximum absolute atomic E-state index is 12.8. The standard InChI is InChI=1S/C12H12FNO3S/c1-9(13)12(15)14-6-7-18(16,17)11-5-3-2-4-10(11)8-14/h2-5H,1,6-8H2. The van der Waals surface area contributed by atoms with Gasteiger partial charge in [-0.05, 0) is 11.6 Å². The fourth-order valence-corrected chi connectivity index (χ4v) is 3.41. The summed E-state index contributed by atoms with van der Waals surface area (Å²) >= 11 is 0. The van der Waals surface area contributed by atoms with E-state index in [9.17, 15) is 17.6 Å². The summed E-state index contributed by atoms with van der Waals surface area (Å²) in [5.41, 5.74) is 0.504. The number of hydrogen-bond acceptors (Lipinski definition) is 3. The average Bonchev–Trinajstić information content (AvgIpc) is 2.46.